The Balaban J connectivity index is 1.31. The van der Waals surface area contributed by atoms with Crippen molar-refractivity contribution in [1.82, 2.24) is 14.7 Å². The van der Waals surface area contributed by atoms with Gasteiger partial charge in [0, 0.05) is 55.5 Å². The molecule has 1 saturated heterocycles. The van der Waals surface area contributed by atoms with Crippen molar-refractivity contribution < 1.29 is 4.79 Å². The molecule has 1 aliphatic rings. The minimum atomic E-state index is -0.104. The highest BCUT2D eigenvalue weighted by Gasteiger charge is 2.17. The van der Waals surface area contributed by atoms with Crippen LogP contribution in [0, 0.1) is 6.92 Å². The molecule has 0 radical (unpaired) electrons. The quantitative estimate of drug-likeness (QED) is 0.440. The zero-order chi connectivity index (χ0) is 24.2. The highest BCUT2D eigenvalue weighted by molar-refractivity contribution is 6.08. The number of aromatic nitrogens is 2. The van der Waals surface area contributed by atoms with Gasteiger partial charge >= 0.3 is 0 Å². The number of piperazine rings is 1. The van der Waals surface area contributed by atoms with Gasteiger partial charge in [-0.1, -0.05) is 42.5 Å². The van der Waals surface area contributed by atoms with Crippen molar-refractivity contribution >= 4 is 17.3 Å². The molecule has 178 valence electrons. The lowest BCUT2D eigenvalue weighted by Gasteiger charge is -2.35. The molecular weight excluding hydrogens is 434 g/mol. The van der Waals surface area contributed by atoms with Gasteiger partial charge in [0.25, 0.3) is 5.91 Å². The molecule has 1 amide bonds. The zero-order valence-electron chi connectivity index (χ0n) is 20.3. The second-order valence-electron chi connectivity index (χ2n) is 9.19. The predicted octanol–water partition coefficient (Wildman–Crippen LogP) is 4.91. The standard InChI is InChI=1S/C29H31N5O/c1-22-20-25(12-13-28(22)33-18-16-32(2)17-19-33)31-29(35)27-7-4-3-6-26(27)24-10-8-23(9-11-24)21-34-15-5-14-30-34/h3-15,20H,16-19,21H2,1-2H3,(H,31,35). The molecular formula is C29H31N5O. The van der Waals surface area contributed by atoms with Gasteiger partial charge in [-0.15, -0.1) is 0 Å². The fourth-order valence-corrected chi connectivity index (χ4v) is 4.64. The molecule has 0 unspecified atom stereocenters. The van der Waals surface area contributed by atoms with Crippen LogP contribution in [-0.2, 0) is 6.54 Å². The first-order valence-corrected chi connectivity index (χ1v) is 12.1. The first kappa shape index (κ1) is 22.9. The van der Waals surface area contributed by atoms with E-state index in [2.05, 4.69) is 70.6 Å². The number of benzene rings is 3. The average molecular weight is 466 g/mol. The van der Waals surface area contributed by atoms with E-state index < -0.39 is 0 Å². The van der Waals surface area contributed by atoms with Crippen molar-refractivity contribution in [3.63, 3.8) is 0 Å². The van der Waals surface area contributed by atoms with Crippen LogP contribution < -0.4 is 10.2 Å². The number of anilines is 2. The first-order chi connectivity index (χ1) is 17.1. The molecule has 1 N–H and O–H groups in total. The molecule has 5 rings (SSSR count). The number of likely N-dealkylation sites (N-methyl/N-ethyl adjacent to an activating group) is 1. The number of carbonyl (C=O) groups excluding carboxylic acids is 1. The number of hydrogen-bond acceptors (Lipinski definition) is 4. The van der Waals surface area contributed by atoms with Gasteiger partial charge in [0.05, 0.1) is 6.54 Å². The van der Waals surface area contributed by atoms with Crippen LogP contribution in [0.25, 0.3) is 11.1 Å². The Bertz CT molecular complexity index is 1290. The van der Waals surface area contributed by atoms with Crippen molar-refractivity contribution in [3.05, 3.63) is 102 Å². The van der Waals surface area contributed by atoms with Gasteiger partial charge in [-0.05, 0) is 66.6 Å². The normalized spacial score (nSPS) is 14.2. The number of nitrogens with one attached hydrogen (secondary N) is 1. The van der Waals surface area contributed by atoms with Crippen molar-refractivity contribution in [1.29, 1.82) is 0 Å². The van der Waals surface area contributed by atoms with Crippen molar-refractivity contribution in [2.75, 3.05) is 43.4 Å². The van der Waals surface area contributed by atoms with Crippen LogP contribution in [0.5, 0.6) is 0 Å². The van der Waals surface area contributed by atoms with E-state index >= 15 is 0 Å². The van der Waals surface area contributed by atoms with Crippen LogP contribution >= 0.6 is 0 Å². The van der Waals surface area contributed by atoms with E-state index in [1.807, 2.05) is 47.3 Å². The highest BCUT2D eigenvalue weighted by Crippen LogP contribution is 2.27. The Morgan fingerprint density at radius 1 is 0.943 bits per heavy atom. The van der Waals surface area contributed by atoms with Crippen LogP contribution in [-0.4, -0.2) is 53.8 Å². The molecule has 1 aromatic heterocycles. The summed E-state index contributed by atoms with van der Waals surface area (Å²) < 4.78 is 1.90. The molecule has 0 spiro atoms. The average Bonchev–Trinajstić information content (AvgIpc) is 3.38. The number of amides is 1. The summed E-state index contributed by atoms with van der Waals surface area (Å²) in [7, 11) is 2.16. The molecule has 3 aromatic carbocycles. The largest absolute Gasteiger partial charge is 0.369 e. The molecule has 4 aromatic rings. The summed E-state index contributed by atoms with van der Waals surface area (Å²) in [6.45, 7) is 7.02. The third kappa shape index (κ3) is 5.28. The topological polar surface area (TPSA) is 53.4 Å². The van der Waals surface area contributed by atoms with E-state index in [4.69, 9.17) is 0 Å². The van der Waals surface area contributed by atoms with Crippen LogP contribution in [0.3, 0.4) is 0 Å². The minimum absolute atomic E-state index is 0.104. The maximum atomic E-state index is 13.3. The van der Waals surface area contributed by atoms with E-state index in [0.717, 1.165) is 55.1 Å². The van der Waals surface area contributed by atoms with Crippen LogP contribution in [0.4, 0.5) is 11.4 Å². The fraction of sp³-hybridized carbons (Fsp3) is 0.241. The summed E-state index contributed by atoms with van der Waals surface area (Å²) in [5.74, 6) is -0.104. The Morgan fingerprint density at radius 2 is 1.71 bits per heavy atom. The fourth-order valence-electron chi connectivity index (χ4n) is 4.64. The van der Waals surface area contributed by atoms with Crippen LogP contribution in [0.1, 0.15) is 21.5 Å². The molecule has 35 heavy (non-hydrogen) atoms. The van der Waals surface area contributed by atoms with E-state index in [1.54, 1.807) is 6.20 Å². The molecule has 0 aliphatic carbocycles. The minimum Gasteiger partial charge on any atom is -0.369 e. The molecule has 0 saturated carbocycles. The summed E-state index contributed by atoms with van der Waals surface area (Å²) in [6.07, 6.45) is 3.73. The number of carbonyl (C=O) groups is 1. The highest BCUT2D eigenvalue weighted by atomic mass is 16.1. The van der Waals surface area contributed by atoms with Gasteiger partial charge in [0.1, 0.15) is 0 Å². The number of hydrogen-bond donors (Lipinski definition) is 1. The molecule has 1 fully saturated rings. The number of aryl methyl sites for hydroxylation is 1. The first-order valence-electron chi connectivity index (χ1n) is 12.1. The lowest BCUT2D eigenvalue weighted by Crippen LogP contribution is -2.44. The van der Waals surface area contributed by atoms with Gasteiger partial charge in [-0.25, -0.2) is 0 Å². The summed E-state index contributed by atoms with van der Waals surface area (Å²) in [5.41, 5.74) is 6.99. The SMILES string of the molecule is Cc1cc(NC(=O)c2ccccc2-c2ccc(Cn3cccn3)cc2)ccc1N1CCN(C)CC1. The monoisotopic (exact) mass is 465 g/mol. The van der Waals surface area contributed by atoms with Crippen molar-refractivity contribution in [3.8, 4) is 11.1 Å². The maximum Gasteiger partial charge on any atom is 0.256 e. The Kier molecular flexibility index (Phi) is 6.64. The summed E-state index contributed by atoms with van der Waals surface area (Å²) in [4.78, 5) is 18.1. The van der Waals surface area contributed by atoms with Crippen LogP contribution in [0.15, 0.2) is 85.2 Å². The van der Waals surface area contributed by atoms with E-state index in [0.29, 0.717) is 5.56 Å². The third-order valence-corrected chi connectivity index (χ3v) is 6.64. The van der Waals surface area contributed by atoms with Crippen molar-refractivity contribution in [2.24, 2.45) is 0 Å². The van der Waals surface area contributed by atoms with Gasteiger partial charge in [-0.2, -0.15) is 5.10 Å². The number of rotatable bonds is 6. The summed E-state index contributed by atoms with van der Waals surface area (Å²) in [6, 6.07) is 24.2. The van der Waals surface area contributed by atoms with Gasteiger partial charge < -0.3 is 15.1 Å². The predicted molar refractivity (Wildman–Crippen MR) is 142 cm³/mol. The zero-order valence-corrected chi connectivity index (χ0v) is 20.3. The van der Waals surface area contributed by atoms with Gasteiger partial charge in [-0.3, -0.25) is 9.48 Å². The lowest BCUT2D eigenvalue weighted by atomic mass is 9.98. The second kappa shape index (κ2) is 10.2. The lowest BCUT2D eigenvalue weighted by molar-refractivity contribution is 0.102. The Morgan fingerprint density at radius 3 is 2.43 bits per heavy atom. The second-order valence-corrected chi connectivity index (χ2v) is 9.19. The smallest absolute Gasteiger partial charge is 0.256 e. The Hall–Kier alpha value is -3.90. The van der Waals surface area contributed by atoms with Gasteiger partial charge in [0.15, 0.2) is 0 Å². The number of nitrogens with zero attached hydrogens (tertiary/aromatic N) is 4. The molecule has 6 heteroatoms. The maximum absolute atomic E-state index is 13.3. The molecule has 0 bridgehead atoms. The van der Waals surface area contributed by atoms with E-state index in [-0.39, 0.29) is 5.91 Å². The molecule has 6 nitrogen and oxygen atoms in total. The Labute approximate surface area is 206 Å². The van der Waals surface area contributed by atoms with E-state index in [9.17, 15) is 4.79 Å². The summed E-state index contributed by atoms with van der Waals surface area (Å²) in [5, 5.41) is 7.38. The molecule has 0 atom stereocenters. The molecule has 1 aliphatic heterocycles. The van der Waals surface area contributed by atoms with E-state index in [1.165, 1.54) is 11.3 Å². The van der Waals surface area contributed by atoms with Crippen molar-refractivity contribution in [2.45, 2.75) is 13.5 Å². The third-order valence-electron chi connectivity index (χ3n) is 6.64. The van der Waals surface area contributed by atoms with Gasteiger partial charge in [0.2, 0.25) is 0 Å². The molecule has 2 heterocycles. The van der Waals surface area contributed by atoms with Crippen LogP contribution in [0.2, 0.25) is 0 Å². The summed E-state index contributed by atoms with van der Waals surface area (Å²) >= 11 is 0.